The van der Waals surface area contributed by atoms with Gasteiger partial charge in [-0.3, -0.25) is 0 Å². The zero-order chi connectivity index (χ0) is 18.0. The van der Waals surface area contributed by atoms with Crippen molar-refractivity contribution in [2.45, 2.75) is 46.5 Å². The highest BCUT2D eigenvalue weighted by molar-refractivity contribution is 5.78. The van der Waals surface area contributed by atoms with Crippen molar-refractivity contribution >= 4 is 0 Å². The van der Waals surface area contributed by atoms with Gasteiger partial charge in [-0.1, -0.05) is 88.4 Å². The maximum absolute atomic E-state index is 2.36. The third-order valence-corrected chi connectivity index (χ3v) is 4.85. The molecule has 25 heavy (non-hydrogen) atoms. The van der Waals surface area contributed by atoms with Crippen molar-refractivity contribution in [1.82, 2.24) is 0 Å². The van der Waals surface area contributed by atoms with E-state index in [1.807, 2.05) is 0 Å². The lowest BCUT2D eigenvalue weighted by atomic mass is 9.84. The molecule has 0 aromatic heterocycles. The number of rotatable bonds is 4. The molecule has 0 heteroatoms. The molecule has 3 aromatic rings. The van der Waals surface area contributed by atoms with Crippen molar-refractivity contribution in [1.29, 1.82) is 0 Å². The lowest BCUT2D eigenvalue weighted by Gasteiger charge is -2.21. The average molecular weight is 328 g/mol. The van der Waals surface area contributed by atoms with Gasteiger partial charge in [-0.05, 0) is 63.8 Å². The van der Waals surface area contributed by atoms with Crippen LogP contribution in [0, 0.1) is 6.92 Å². The Hall–Kier alpha value is -2.34. The van der Waals surface area contributed by atoms with Crippen LogP contribution in [0.2, 0.25) is 0 Å². The molecule has 0 aliphatic heterocycles. The molecule has 0 saturated heterocycles. The fourth-order valence-electron chi connectivity index (χ4n) is 3.61. The van der Waals surface area contributed by atoms with Crippen LogP contribution >= 0.6 is 0 Å². The number of hydrogen-bond donors (Lipinski definition) is 0. The van der Waals surface area contributed by atoms with Gasteiger partial charge in [0, 0.05) is 0 Å². The zero-order valence-corrected chi connectivity index (χ0v) is 16.0. The van der Waals surface area contributed by atoms with Crippen molar-refractivity contribution < 1.29 is 0 Å². The topological polar surface area (TPSA) is 0 Å². The molecule has 0 radical (unpaired) electrons. The van der Waals surface area contributed by atoms with Crippen molar-refractivity contribution in [3.63, 3.8) is 0 Å². The Labute approximate surface area is 152 Å². The van der Waals surface area contributed by atoms with Gasteiger partial charge in [0.15, 0.2) is 0 Å². The molecule has 0 saturated carbocycles. The van der Waals surface area contributed by atoms with Crippen LogP contribution in [0.15, 0.2) is 66.7 Å². The Morgan fingerprint density at radius 3 is 1.68 bits per heavy atom. The summed E-state index contributed by atoms with van der Waals surface area (Å²) >= 11 is 0. The summed E-state index contributed by atoms with van der Waals surface area (Å²) in [4.78, 5) is 0. The Bertz CT molecular complexity index is 828. The molecule has 0 fully saturated rings. The van der Waals surface area contributed by atoms with Gasteiger partial charge in [-0.2, -0.15) is 0 Å². The van der Waals surface area contributed by atoms with E-state index in [0.29, 0.717) is 11.8 Å². The molecule has 0 bridgehead atoms. The first kappa shape index (κ1) is 17.5. The van der Waals surface area contributed by atoms with E-state index in [0.717, 1.165) is 0 Å². The minimum atomic E-state index is 0.509. The van der Waals surface area contributed by atoms with E-state index in [1.54, 1.807) is 0 Å². The van der Waals surface area contributed by atoms with Crippen LogP contribution < -0.4 is 0 Å². The maximum Gasteiger partial charge on any atom is -0.0114 e. The van der Waals surface area contributed by atoms with Crippen LogP contribution in [0.25, 0.3) is 22.3 Å². The van der Waals surface area contributed by atoms with Crippen molar-refractivity contribution in [2.75, 3.05) is 0 Å². The van der Waals surface area contributed by atoms with Crippen LogP contribution in [0.5, 0.6) is 0 Å². The van der Waals surface area contributed by atoms with E-state index in [2.05, 4.69) is 101 Å². The number of benzene rings is 3. The minimum absolute atomic E-state index is 0.509. The highest BCUT2D eigenvalue weighted by atomic mass is 14.2. The molecule has 0 heterocycles. The number of aryl methyl sites for hydroxylation is 1. The Balaban J connectivity index is 2.25. The van der Waals surface area contributed by atoms with Gasteiger partial charge in [0.25, 0.3) is 0 Å². The van der Waals surface area contributed by atoms with Gasteiger partial charge in [-0.25, -0.2) is 0 Å². The summed E-state index contributed by atoms with van der Waals surface area (Å²) in [6.45, 7) is 11.4. The van der Waals surface area contributed by atoms with Gasteiger partial charge < -0.3 is 0 Å². The second-order valence-corrected chi connectivity index (χ2v) is 7.57. The molecule has 0 unspecified atom stereocenters. The summed E-state index contributed by atoms with van der Waals surface area (Å²) in [7, 11) is 0. The van der Waals surface area contributed by atoms with Gasteiger partial charge in [0.2, 0.25) is 0 Å². The lowest BCUT2D eigenvalue weighted by molar-refractivity contribution is 0.838. The predicted molar refractivity (Wildman–Crippen MR) is 110 cm³/mol. The molecular weight excluding hydrogens is 300 g/mol. The fourth-order valence-corrected chi connectivity index (χ4v) is 3.61. The molecular formula is C25H28. The molecule has 0 spiro atoms. The number of hydrogen-bond acceptors (Lipinski definition) is 0. The van der Waals surface area contributed by atoms with Gasteiger partial charge >= 0.3 is 0 Å². The summed E-state index contributed by atoms with van der Waals surface area (Å²) in [5, 5.41) is 0. The van der Waals surface area contributed by atoms with Crippen LogP contribution in [0.4, 0.5) is 0 Å². The van der Waals surface area contributed by atoms with E-state index < -0.39 is 0 Å². The van der Waals surface area contributed by atoms with Crippen LogP contribution in [-0.4, -0.2) is 0 Å². The fraction of sp³-hybridized carbons (Fsp3) is 0.280. The van der Waals surface area contributed by atoms with Crippen LogP contribution in [-0.2, 0) is 0 Å². The second kappa shape index (κ2) is 7.27. The van der Waals surface area contributed by atoms with E-state index in [1.165, 1.54) is 38.9 Å². The lowest BCUT2D eigenvalue weighted by Crippen LogP contribution is -2.00. The molecule has 3 aromatic carbocycles. The van der Waals surface area contributed by atoms with E-state index in [4.69, 9.17) is 0 Å². The Morgan fingerprint density at radius 2 is 1.12 bits per heavy atom. The largest absolute Gasteiger partial charge is 0.0622 e. The summed E-state index contributed by atoms with van der Waals surface area (Å²) in [6.07, 6.45) is 0. The van der Waals surface area contributed by atoms with Gasteiger partial charge in [0.1, 0.15) is 0 Å². The monoisotopic (exact) mass is 328 g/mol. The van der Waals surface area contributed by atoms with Crippen LogP contribution in [0.3, 0.4) is 0 Å². The summed E-state index contributed by atoms with van der Waals surface area (Å²) < 4.78 is 0. The SMILES string of the molecule is Cc1cc(-c2ccccc2)cc(-c2c(C(C)C)cccc2C(C)C)c1. The highest BCUT2D eigenvalue weighted by Crippen LogP contribution is 2.38. The molecule has 0 N–H and O–H groups in total. The molecule has 128 valence electrons. The minimum Gasteiger partial charge on any atom is -0.0622 e. The third kappa shape index (κ3) is 3.69. The highest BCUT2D eigenvalue weighted by Gasteiger charge is 2.16. The standard InChI is InChI=1S/C25H28/c1-17(2)23-12-9-13-24(18(3)4)25(23)22-15-19(5)14-21(16-22)20-10-7-6-8-11-20/h6-18H,1-5H3. The molecule has 0 aliphatic carbocycles. The first-order valence-electron chi connectivity index (χ1n) is 9.27. The Morgan fingerprint density at radius 1 is 0.560 bits per heavy atom. The van der Waals surface area contributed by atoms with Gasteiger partial charge in [-0.15, -0.1) is 0 Å². The van der Waals surface area contributed by atoms with E-state index in [9.17, 15) is 0 Å². The smallest absolute Gasteiger partial charge is 0.0114 e. The van der Waals surface area contributed by atoms with Gasteiger partial charge in [0.05, 0.1) is 0 Å². The summed E-state index contributed by atoms with van der Waals surface area (Å²) in [6, 6.07) is 24.4. The Kier molecular flexibility index (Phi) is 5.08. The first-order valence-corrected chi connectivity index (χ1v) is 9.27. The predicted octanol–water partition coefficient (Wildman–Crippen LogP) is 7.58. The van der Waals surface area contributed by atoms with Crippen molar-refractivity contribution in [3.05, 3.63) is 83.4 Å². The summed E-state index contributed by atoms with van der Waals surface area (Å²) in [5.41, 5.74) is 9.53. The van der Waals surface area contributed by atoms with Crippen molar-refractivity contribution in [3.8, 4) is 22.3 Å². The van der Waals surface area contributed by atoms with E-state index in [-0.39, 0.29) is 0 Å². The molecule has 3 rings (SSSR count). The molecule has 0 atom stereocenters. The second-order valence-electron chi connectivity index (χ2n) is 7.57. The third-order valence-electron chi connectivity index (χ3n) is 4.85. The first-order chi connectivity index (χ1) is 12.0. The van der Waals surface area contributed by atoms with Crippen molar-refractivity contribution in [2.24, 2.45) is 0 Å². The average Bonchev–Trinajstić information content (AvgIpc) is 2.61. The van der Waals surface area contributed by atoms with E-state index >= 15 is 0 Å². The zero-order valence-electron chi connectivity index (χ0n) is 16.0. The summed E-state index contributed by atoms with van der Waals surface area (Å²) in [5.74, 6) is 1.02. The molecule has 0 amide bonds. The maximum atomic E-state index is 2.36. The molecule has 0 nitrogen and oxygen atoms in total. The normalized spacial score (nSPS) is 11.3. The van der Waals surface area contributed by atoms with Crippen LogP contribution in [0.1, 0.15) is 56.2 Å². The molecule has 0 aliphatic rings. The quantitative estimate of drug-likeness (QED) is 0.463.